The van der Waals surface area contributed by atoms with Crippen LogP contribution in [0.2, 0.25) is 0 Å². The Hall–Kier alpha value is -4.13. The second-order valence-corrected chi connectivity index (χ2v) is 8.90. The SMILES string of the molecule is NC(N)=NCCCC(NC(=O)CNC(=O)C(Cc1c[nH]c2ccccc12)NC(=O)C1CCCN1)C(=O)O. The second-order valence-electron chi connectivity index (χ2n) is 8.90. The Bertz CT molecular complexity index is 1140. The number of guanidine groups is 1. The fourth-order valence-corrected chi connectivity index (χ4v) is 4.21. The molecular weight excluding hydrogens is 480 g/mol. The third kappa shape index (κ3) is 8.20. The van der Waals surface area contributed by atoms with E-state index in [2.05, 4.69) is 31.2 Å². The van der Waals surface area contributed by atoms with Crippen LogP contribution in [-0.4, -0.2) is 77.5 Å². The topological polar surface area (TPSA) is 217 Å². The smallest absolute Gasteiger partial charge is 0.326 e. The normalized spacial score (nSPS) is 16.5. The van der Waals surface area contributed by atoms with Crippen LogP contribution < -0.4 is 32.7 Å². The number of fused-ring (bicyclic) bond motifs is 1. The summed E-state index contributed by atoms with van der Waals surface area (Å²) in [5.41, 5.74) is 12.2. The first-order valence-electron chi connectivity index (χ1n) is 12.2. The molecule has 1 fully saturated rings. The number of para-hydroxylation sites is 1. The zero-order valence-electron chi connectivity index (χ0n) is 20.5. The van der Waals surface area contributed by atoms with E-state index < -0.39 is 36.4 Å². The van der Waals surface area contributed by atoms with Crippen molar-refractivity contribution in [2.24, 2.45) is 16.5 Å². The first-order chi connectivity index (χ1) is 17.7. The molecule has 0 radical (unpaired) electrons. The molecule has 13 heteroatoms. The summed E-state index contributed by atoms with van der Waals surface area (Å²) in [4.78, 5) is 56.6. The van der Waals surface area contributed by atoms with E-state index >= 15 is 0 Å². The minimum atomic E-state index is -1.21. The molecule has 1 aliphatic heterocycles. The number of aliphatic imine (C=N–C) groups is 1. The van der Waals surface area contributed by atoms with E-state index in [4.69, 9.17) is 11.5 Å². The van der Waals surface area contributed by atoms with Crippen molar-refractivity contribution >= 4 is 40.6 Å². The number of carboxylic acids is 1. The molecule has 1 aromatic carbocycles. The van der Waals surface area contributed by atoms with E-state index in [-0.39, 0.29) is 37.3 Å². The van der Waals surface area contributed by atoms with Gasteiger partial charge in [-0.05, 0) is 43.9 Å². The first-order valence-corrected chi connectivity index (χ1v) is 12.2. The van der Waals surface area contributed by atoms with Crippen LogP contribution in [0.4, 0.5) is 0 Å². The number of aromatic nitrogens is 1. The van der Waals surface area contributed by atoms with Crippen molar-refractivity contribution in [1.29, 1.82) is 0 Å². The van der Waals surface area contributed by atoms with Crippen LogP contribution in [-0.2, 0) is 25.6 Å². The zero-order valence-corrected chi connectivity index (χ0v) is 20.5. The largest absolute Gasteiger partial charge is 0.480 e. The number of H-pyrrole nitrogens is 1. The van der Waals surface area contributed by atoms with Gasteiger partial charge in [0, 0.05) is 30.1 Å². The number of rotatable bonds is 13. The number of hydrogen-bond donors (Lipinski definition) is 8. The van der Waals surface area contributed by atoms with Crippen molar-refractivity contribution in [3.63, 3.8) is 0 Å². The highest BCUT2D eigenvalue weighted by Gasteiger charge is 2.28. The van der Waals surface area contributed by atoms with Gasteiger partial charge < -0.3 is 42.8 Å². The third-order valence-corrected chi connectivity index (χ3v) is 6.11. The number of amides is 3. The van der Waals surface area contributed by atoms with E-state index in [1.165, 1.54) is 0 Å². The minimum Gasteiger partial charge on any atom is -0.480 e. The van der Waals surface area contributed by atoms with E-state index in [9.17, 15) is 24.3 Å². The van der Waals surface area contributed by atoms with Crippen LogP contribution in [0.5, 0.6) is 0 Å². The summed E-state index contributed by atoms with van der Waals surface area (Å²) in [6.45, 7) is 0.510. The number of hydrogen-bond acceptors (Lipinski definition) is 6. The maximum atomic E-state index is 13.1. The highest BCUT2D eigenvalue weighted by atomic mass is 16.4. The molecule has 3 rings (SSSR count). The number of nitrogens with zero attached hydrogens (tertiary/aromatic N) is 1. The summed E-state index contributed by atoms with van der Waals surface area (Å²) in [6.07, 6.45) is 3.99. The van der Waals surface area contributed by atoms with E-state index in [1.807, 2.05) is 24.3 Å². The molecule has 0 spiro atoms. The maximum absolute atomic E-state index is 13.1. The molecule has 1 saturated heterocycles. The fourth-order valence-electron chi connectivity index (χ4n) is 4.21. The third-order valence-electron chi connectivity index (χ3n) is 6.11. The Morgan fingerprint density at radius 3 is 2.62 bits per heavy atom. The van der Waals surface area contributed by atoms with Gasteiger partial charge >= 0.3 is 5.97 Å². The summed E-state index contributed by atoms with van der Waals surface area (Å²) >= 11 is 0. The predicted octanol–water partition coefficient (Wildman–Crippen LogP) is -1.31. The van der Waals surface area contributed by atoms with Gasteiger partial charge in [-0.2, -0.15) is 0 Å². The van der Waals surface area contributed by atoms with Gasteiger partial charge in [0.15, 0.2) is 5.96 Å². The Morgan fingerprint density at radius 2 is 1.92 bits per heavy atom. The van der Waals surface area contributed by atoms with Crippen molar-refractivity contribution < 1.29 is 24.3 Å². The highest BCUT2D eigenvalue weighted by Crippen LogP contribution is 2.19. The van der Waals surface area contributed by atoms with Gasteiger partial charge in [-0.25, -0.2) is 4.79 Å². The number of aliphatic carboxylic acids is 1. The van der Waals surface area contributed by atoms with Crippen LogP contribution in [0.3, 0.4) is 0 Å². The number of benzene rings is 1. The van der Waals surface area contributed by atoms with E-state index in [0.717, 1.165) is 29.4 Å². The van der Waals surface area contributed by atoms with Crippen molar-refractivity contribution in [3.05, 3.63) is 36.0 Å². The highest BCUT2D eigenvalue weighted by molar-refractivity contribution is 5.93. The molecule has 0 aliphatic carbocycles. The minimum absolute atomic E-state index is 0.100. The Kier molecular flexibility index (Phi) is 9.84. The molecule has 0 bridgehead atoms. The van der Waals surface area contributed by atoms with Gasteiger partial charge in [0.05, 0.1) is 12.6 Å². The van der Waals surface area contributed by atoms with Crippen LogP contribution in [0.1, 0.15) is 31.2 Å². The summed E-state index contributed by atoms with van der Waals surface area (Å²) in [6, 6.07) is 5.14. The number of nitrogens with one attached hydrogen (secondary N) is 5. The molecule has 3 atom stereocenters. The van der Waals surface area contributed by atoms with Crippen molar-refractivity contribution in [2.45, 2.75) is 50.2 Å². The van der Waals surface area contributed by atoms with Gasteiger partial charge in [0.25, 0.3) is 0 Å². The Morgan fingerprint density at radius 1 is 1.14 bits per heavy atom. The summed E-state index contributed by atoms with van der Waals surface area (Å²) in [7, 11) is 0. The lowest BCUT2D eigenvalue weighted by Gasteiger charge is -2.21. The van der Waals surface area contributed by atoms with Gasteiger partial charge in [0.1, 0.15) is 12.1 Å². The quantitative estimate of drug-likeness (QED) is 0.0909. The molecule has 2 aromatic rings. The van der Waals surface area contributed by atoms with Gasteiger partial charge in [-0.1, -0.05) is 18.2 Å². The molecule has 200 valence electrons. The molecule has 3 amide bonds. The van der Waals surface area contributed by atoms with E-state index in [0.29, 0.717) is 12.8 Å². The molecule has 1 aromatic heterocycles. The lowest BCUT2D eigenvalue weighted by molar-refractivity contribution is -0.142. The van der Waals surface area contributed by atoms with E-state index in [1.54, 1.807) is 6.20 Å². The molecule has 13 nitrogen and oxygen atoms in total. The summed E-state index contributed by atoms with van der Waals surface area (Å²) in [5.74, 6) is -2.81. The maximum Gasteiger partial charge on any atom is 0.326 e. The van der Waals surface area contributed by atoms with Crippen LogP contribution in [0.15, 0.2) is 35.5 Å². The Balaban J connectivity index is 1.61. The fraction of sp³-hybridized carbons (Fsp3) is 0.458. The molecule has 3 unspecified atom stereocenters. The Labute approximate surface area is 213 Å². The molecule has 0 saturated carbocycles. The molecule has 1 aliphatic rings. The zero-order chi connectivity index (χ0) is 26.8. The molecule has 37 heavy (non-hydrogen) atoms. The molecular formula is C24H34N8O5. The van der Waals surface area contributed by atoms with Crippen LogP contribution in [0.25, 0.3) is 10.9 Å². The number of carbonyl (C=O) groups is 4. The average Bonchev–Trinajstić information content (AvgIpc) is 3.54. The number of aromatic amines is 1. The van der Waals surface area contributed by atoms with Crippen LogP contribution in [0, 0.1) is 0 Å². The lowest BCUT2D eigenvalue weighted by Crippen LogP contribution is -2.54. The van der Waals surface area contributed by atoms with Gasteiger partial charge in [-0.3, -0.25) is 19.4 Å². The average molecular weight is 515 g/mol. The number of carboxylic acid groups (broad SMARTS) is 1. The predicted molar refractivity (Wildman–Crippen MR) is 137 cm³/mol. The molecule has 10 N–H and O–H groups in total. The van der Waals surface area contributed by atoms with Crippen LogP contribution >= 0.6 is 0 Å². The lowest BCUT2D eigenvalue weighted by atomic mass is 10.0. The van der Waals surface area contributed by atoms with Crippen molar-refractivity contribution in [3.8, 4) is 0 Å². The second kappa shape index (κ2) is 13.3. The first kappa shape index (κ1) is 27.5. The summed E-state index contributed by atoms with van der Waals surface area (Å²) < 4.78 is 0. The van der Waals surface area contributed by atoms with Gasteiger partial charge in [-0.15, -0.1) is 0 Å². The number of nitrogens with two attached hydrogens (primary N) is 2. The van der Waals surface area contributed by atoms with Crippen molar-refractivity contribution in [2.75, 3.05) is 19.6 Å². The molecule has 2 heterocycles. The summed E-state index contributed by atoms with van der Waals surface area (Å²) in [5, 5.41) is 21.1. The van der Waals surface area contributed by atoms with Gasteiger partial charge in [0.2, 0.25) is 17.7 Å². The van der Waals surface area contributed by atoms with Crippen molar-refractivity contribution in [1.82, 2.24) is 26.3 Å². The monoisotopic (exact) mass is 514 g/mol. The number of carbonyl (C=O) groups excluding carboxylic acids is 3. The standard InChI is InChI=1S/C24H34N8O5/c25-24(26)28-10-4-8-18(23(36)37)31-20(33)13-30-21(34)19(32-22(35)17-7-3-9-27-17)11-14-12-29-16-6-2-1-5-15(14)16/h1-2,5-6,12,17-19,27,29H,3-4,7-11,13H2,(H,30,34)(H,31,33)(H,32,35)(H,36,37)(H4,25,26,28).